The van der Waals surface area contributed by atoms with Gasteiger partial charge in [0.05, 0.1) is 25.0 Å². The van der Waals surface area contributed by atoms with E-state index in [1.807, 2.05) is 30.3 Å². The second-order valence-corrected chi connectivity index (χ2v) is 7.19. The van der Waals surface area contributed by atoms with Crippen LogP contribution >= 0.6 is 0 Å². The molecule has 2 saturated heterocycles. The van der Waals surface area contributed by atoms with Crippen LogP contribution in [0.25, 0.3) is 11.3 Å². The summed E-state index contributed by atoms with van der Waals surface area (Å²) < 4.78 is 5.79. The minimum atomic E-state index is -0.440. The molecule has 2 aromatic rings. The Kier molecular flexibility index (Phi) is 4.57. The van der Waals surface area contributed by atoms with Crippen LogP contribution in [0.4, 0.5) is 4.79 Å². The molecule has 1 aromatic heterocycles. The Morgan fingerprint density at radius 3 is 2.93 bits per heavy atom. The highest BCUT2D eigenvalue weighted by atomic mass is 16.5. The molecule has 142 valence electrons. The van der Waals surface area contributed by atoms with Crippen LogP contribution in [0.5, 0.6) is 0 Å². The Hall–Kier alpha value is -2.87. The highest BCUT2D eigenvalue weighted by Gasteiger charge is 2.45. The van der Waals surface area contributed by atoms with Crippen molar-refractivity contribution in [2.45, 2.75) is 18.6 Å². The molecule has 2 aliphatic rings. The molecule has 0 saturated carbocycles. The monoisotopic (exact) mass is 369 g/mol. The zero-order chi connectivity index (χ0) is 18.9. The maximum Gasteiger partial charge on any atom is 0.317 e. The Labute approximate surface area is 157 Å². The van der Waals surface area contributed by atoms with E-state index >= 15 is 0 Å². The van der Waals surface area contributed by atoms with Crippen LogP contribution in [0.2, 0.25) is 0 Å². The zero-order valence-electron chi connectivity index (χ0n) is 15.3. The topological polar surface area (TPSA) is 90.6 Å². The van der Waals surface area contributed by atoms with Crippen molar-refractivity contribution >= 4 is 11.9 Å². The molecule has 2 fully saturated rings. The average Bonchev–Trinajstić information content (AvgIpc) is 3.31. The molecule has 3 heterocycles. The number of hydrogen-bond acceptors (Lipinski definition) is 4. The maximum absolute atomic E-state index is 12.6. The zero-order valence-corrected chi connectivity index (χ0v) is 15.3. The van der Waals surface area contributed by atoms with Crippen molar-refractivity contribution in [2.75, 3.05) is 33.3 Å². The molecule has 0 bridgehead atoms. The van der Waals surface area contributed by atoms with Crippen molar-refractivity contribution in [3.63, 3.8) is 0 Å². The molecule has 1 atom stereocenters. The lowest BCUT2D eigenvalue weighted by molar-refractivity contribution is -0.158. The summed E-state index contributed by atoms with van der Waals surface area (Å²) in [5.41, 5.74) is 2.43. The summed E-state index contributed by atoms with van der Waals surface area (Å²) in [6.45, 7) is 2.11. The van der Waals surface area contributed by atoms with Gasteiger partial charge < -0.3 is 19.9 Å². The van der Waals surface area contributed by atoms with Crippen LogP contribution < -0.4 is 5.32 Å². The van der Waals surface area contributed by atoms with Crippen LogP contribution in [0.1, 0.15) is 12.0 Å². The number of nitrogens with zero attached hydrogens (tertiary/aromatic N) is 3. The van der Waals surface area contributed by atoms with Crippen molar-refractivity contribution in [3.8, 4) is 11.3 Å². The van der Waals surface area contributed by atoms with E-state index in [1.54, 1.807) is 23.0 Å². The molecule has 4 rings (SSSR count). The summed E-state index contributed by atoms with van der Waals surface area (Å²) in [4.78, 5) is 27.7. The van der Waals surface area contributed by atoms with Gasteiger partial charge in [-0.1, -0.05) is 30.3 Å². The molecule has 8 nitrogen and oxygen atoms in total. The van der Waals surface area contributed by atoms with E-state index in [9.17, 15) is 9.59 Å². The van der Waals surface area contributed by atoms with Gasteiger partial charge in [-0.3, -0.25) is 9.89 Å². The van der Waals surface area contributed by atoms with E-state index in [2.05, 4.69) is 15.5 Å². The number of urea groups is 1. The van der Waals surface area contributed by atoms with Gasteiger partial charge in [-0.2, -0.15) is 5.10 Å². The molecule has 1 aromatic carbocycles. The summed E-state index contributed by atoms with van der Waals surface area (Å²) >= 11 is 0. The van der Waals surface area contributed by atoms with E-state index < -0.39 is 5.60 Å². The fraction of sp³-hybridized carbons (Fsp3) is 0.421. The van der Waals surface area contributed by atoms with Gasteiger partial charge in [0.15, 0.2) is 0 Å². The third-order valence-corrected chi connectivity index (χ3v) is 5.27. The van der Waals surface area contributed by atoms with Gasteiger partial charge in [0.1, 0.15) is 12.2 Å². The second kappa shape index (κ2) is 7.03. The number of carbonyl (C=O) groups excluding carboxylic acids is 2. The maximum atomic E-state index is 12.6. The van der Waals surface area contributed by atoms with E-state index in [0.29, 0.717) is 26.2 Å². The number of amides is 3. The summed E-state index contributed by atoms with van der Waals surface area (Å²) in [5.74, 6) is -0.0167. The van der Waals surface area contributed by atoms with Crippen molar-refractivity contribution < 1.29 is 14.3 Å². The number of benzene rings is 1. The molecule has 8 heteroatoms. The fourth-order valence-electron chi connectivity index (χ4n) is 3.74. The quantitative estimate of drug-likeness (QED) is 0.851. The number of likely N-dealkylation sites (tertiary alicyclic amines) is 1. The SMILES string of the molecule is CN1C[C@]2(CCN(C(=O)NCc3cn[nH]c3-c3ccccc3)C2)OCC1=O. The van der Waals surface area contributed by atoms with Gasteiger partial charge in [-0.25, -0.2) is 4.79 Å². The van der Waals surface area contributed by atoms with E-state index in [1.165, 1.54) is 0 Å². The Bertz CT molecular complexity index is 837. The Balaban J connectivity index is 1.36. The molecule has 2 aliphatic heterocycles. The fourth-order valence-corrected chi connectivity index (χ4v) is 3.74. The summed E-state index contributed by atoms with van der Waals surface area (Å²) in [6.07, 6.45) is 2.47. The number of carbonyl (C=O) groups is 2. The smallest absolute Gasteiger partial charge is 0.317 e. The lowest BCUT2D eigenvalue weighted by atomic mass is 10.0. The third-order valence-electron chi connectivity index (χ3n) is 5.27. The van der Waals surface area contributed by atoms with Crippen molar-refractivity contribution in [1.82, 2.24) is 25.3 Å². The number of hydrogen-bond donors (Lipinski definition) is 2. The number of likely N-dealkylation sites (N-methyl/N-ethyl adjacent to an activating group) is 1. The predicted molar refractivity (Wildman–Crippen MR) is 98.8 cm³/mol. The average molecular weight is 369 g/mol. The van der Waals surface area contributed by atoms with E-state index in [-0.39, 0.29) is 18.5 Å². The third kappa shape index (κ3) is 3.52. The van der Waals surface area contributed by atoms with E-state index in [4.69, 9.17) is 4.74 Å². The molecule has 1 spiro atoms. The molecular weight excluding hydrogens is 346 g/mol. The second-order valence-electron chi connectivity index (χ2n) is 7.19. The standard InChI is InChI=1S/C19H23N5O3/c1-23-12-19(27-11-16(23)25)7-8-24(13-19)18(26)20-9-15-10-21-22-17(15)14-5-3-2-4-6-14/h2-6,10H,7-9,11-13H2,1H3,(H,20,26)(H,21,22)/t19-/m0/s1. The van der Waals surface area contributed by atoms with Gasteiger partial charge >= 0.3 is 6.03 Å². The van der Waals surface area contributed by atoms with Crippen LogP contribution in [-0.4, -0.2) is 70.8 Å². The molecule has 0 aliphatic carbocycles. The molecule has 0 radical (unpaired) electrons. The van der Waals surface area contributed by atoms with Crippen LogP contribution in [0, 0.1) is 0 Å². The van der Waals surface area contributed by atoms with Gasteiger partial charge in [0, 0.05) is 25.7 Å². The first-order chi connectivity index (χ1) is 13.1. The van der Waals surface area contributed by atoms with Crippen LogP contribution in [-0.2, 0) is 16.1 Å². The normalized spacial score (nSPS) is 22.5. The first-order valence-corrected chi connectivity index (χ1v) is 9.05. The van der Waals surface area contributed by atoms with Gasteiger partial charge in [-0.15, -0.1) is 0 Å². The Morgan fingerprint density at radius 1 is 1.33 bits per heavy atom. The van der Waals surface area contributed by atoms with Gasteiger partial charge in [-0.05, 0) is 12.0 Å². The number of aromatic amines is 1. The predicted octanol–water partition coefficient (Wildman–Crippen LogP) is 1.22. The number of nitrogens with one attached hydrogen (secondary N) is 2. The van der Waals surface area contributed by atoms with Crippen LogP contribution in [0.3, 0.4) is 0 Å². The first kappa shape index (κ1) is 17.5. The van der Waals surface area contributed by atoms with Crippen molar-refractivity contribution in [3.05, 3.63) is 42.1 Å². The minimum absolute atomic E-state index is 0.0167. The number of morpholine rings is 1. The number of aromatic nitrogens is 2. The summed E-state index contributed by atoms with van der Waals surface area (Å²) in [5, 5.41) is 10.1. The molecule has 3 amide bonds. The van der Waals surface area contributed by atoms with Gasteiger partial charge in [0.25, 0.3) is 0 Å². The first-order valence-electron chi connectivity index (χ1n) is 9.05. The summed E-state index contributed by atoms with van der Waals surface area (Å²) in [6, 6.07) is 9.77. The lowest BCUT2D eigenvalue weighted by Gasteiger charge is -2.38. The molecule has 0 unspecified atom stereocenters. The number of ether oxygens (including phenoxy) is 1. The lowest BCUT2D eigenvalue weighted by Crippen LogP contribution is -2.55. The molecule has 27 heavy (non-hydrogen) atoms. The van der Waals surface area contributed by atoms with Crippen molar-refractivity contribution in [2.24, 2.45) is 0 Å². The van der Waals surface area contributed by atoms with Crippen LogP contribution in [0.15, 0.2) is 36.5 Å². The molecular formula is C19H23N5O3. The number of rotatable bonds is 3. The highest BCUT2D eigenvalue weighted by Crippen LogP contribution is 2.29. The Morgan fingerprint density at radius 2 is 2.15 bits per heavy atom. The minimum Gasteiger partial charge on any atom is -0.361 e. The largest absolute Gasteiger partial charge is 0.361 e. The van der Waals surface area contributed by atoms with Gasteiger partial charge in [0.2, 0.25) is 5.91 Å². The van der Waals surface area contributed by atoms with Crippen molar-refractivity contribution in [1.29, 1.82) is 0 Å². The molecule has 2 N–H and O–H groups in total. The highest BCUT2D eigenvalue weighted by molar-refractivity contribution is 5.78. The summed E-state index contributed by atoms with van der Waals surface area (Å²) in [7, 11) is 1.78. The number of H-pyrrole nitrogens is 1. The van der Waals surface area contributed by atoms with E-state index in [0.717, 1.165) is 23.2 Å².